The summed E-state index contributed by atoms with van der Waals surface area (Å²) in [4.78, 5) is 22.1. The monoisotopic (exact) mass is 352 g/mol. The number of nitrogens with zero attached hydrogens (tertiary/aromatic N) is 4. The quantitative estimate of drug-likeness (QED) is 0.852. The molecule has 3 fully saturated rings. The maximum absolute atomic E-state index is 13.0. The van der Waals surface area contributed by atoms with Gasteiger partial charge in [-0.25, -0.2) is 4.98 Å². The van der Waals surface area contributed by atoms with Crippen LogP contribution in [0.4, 0.5) is 0 Å². The van der Waals surface area contributed by atoms with Crippen molar-refractivity contribution >= 4 is 11.6 Å². The zero-order chi connectivity index (χ0) is 17.5. The molecule has 0 spiro atoms. The van der Waals surface area contributed by atoms with Crippen LogP contribution in [0, 0.1) is 11.8 Å². The van der Waals surface area contributed by atoms with Crippen molar-refractivity contribution < 1.29 is 4.79 Å². The number of aromatic nitrogens is 2. The first-order valence-electron chi connectivity index (χ1n) is 10.2. The predicted molar refractivity (Wildman–Crippen MR) is 101 cm³/mol. The predicted octanol–water partition coefficient (Wildman–Crippen LogP) is 3.06. The van der Waals surface area contributed by atoms with E-state index < -0.39 is 0 Å². The Morgan fingerprint density at radius 2 is 2.00 bits per heavy atom. The summed E-state index contributed by atoms with van der Waals surface area (Å²) in [6, 6.07) is 6.56. The van der Waals surface area contributed by atoms with Crippen LogP contribution in [0.1, 0.15) is 49.0 Å². The number of hydrogen-bond acceptors (Lipinski definition) is 3. The van der Waals surface area contributed by atoms with Gasteiger partial charge in [-0.3, -0.25) is 14.1 Å². The highest BCUT2D eigenvalue weighted by molar-refractivity contribution is 5.93. The molecule has 5 rings (SSSR count). The van der Waals surface area contributed by atoms with Crippen LogP contribution in [0.25, 0.3) is 5.65 Å². The van der Waals surface area contributed by atoms with Crippen molar-refractivity contribution in [2.45, 2.75) is 44.6 Å². The van der Waals surface area contributed by atoms with Crippen molar-refractivity contribution in [2.24, 2.45) is 11.8 Å². The first-order chi connectivity index (χ1) is 12.8. The molecule has 1 saturated carbocycles. The summed E-state index contributed by atoms with van der Waals surface area (Å²) in [6.07, 6.45) is 11.9. The summed E-state index contributed by atoms with van der Waals surface area (Å²) in [5.41, 5.74) is 1.53. The smallest absolute Gasteiger partial charge is 0.272 e. The minimum atomic E-state index is 0.132. The maximum Gasteiger partial charge on any atom is 0.272 e. The fourth-order valence-electron chi connectivity index (χ4n) is 5.33. The Hall–Kier alpha value is -1.88. The summed E-state index contributed by atoms with van der Waals surface area (Å²) < 4.78 is 1.91. The second kappa shape index (κ2) is 6.69. The fraction of sp³-hybridized carbons (Fsp3) is 0.619. The van der Waals surface area contributed by atoms with E-state index in [0.717, 1.165) is 31.1 Å². The van der Waals surface area contributed by atoms with E-state index in [4.69, 9.17) is 0 Å². The molecule has 1 amide bonds. The molecule has 0 aromatic carbocycles. The van der Waals surface area contributed by atoms with Crippen LogP contribution in [0.3, 0.4) is 0 Å². The van der Waals surface area contributed by atoms with Crippen LogP contribution in [0.5, 0.6) is 0 Å². The van der Waals surface area contributed by atoms with Crippen molar-refractivity contribution in [3.05, 3.63) is 36.3 Å². The topological polar surface area (TPSA) is 40.9 Å². The molecule has 2 atom stereocenters. The molecule has 5 nitrogen and oxygen atoms in total. The second-order valence-electron chi connectivity index (χ2n) is 8.40. The van der Waals surface area contributed by atoms with E-state index in [1.165, 1.54) is 45.2 Å². The third-order valence-electron chi connectivity index (χ3n) is 6.77. The van der Waals surface area contributed by atoms with Gasteiger partial charge < -0.3 is 4.90 Å². The minimum Gasteiger partial charge on any atom is -0.337 e. The van der Waals surface area contributed by atoms with Crippen LogP contribution >= 0.6 is 0 Å². The van der Waals surface area contributed by atoms with Crippen LogP contribution in [0.15, 0.2) is 30.6 Å². The maximum atomic E-state index is 13.0. The Kier molecular flexibility index (Phi) is 4.20. The number of carbonyl (C=O) groups excluding carboxylic acids is 1. The average molecular weight is 352 g/mol. The van der Waals surface area contributed by atoms with Gasteiger partial charge >= 0.3 is 0 Å². The van der Waals surface area contributed by atoms with Crippen molar-refractivity contribution in [1.29, 1.82) is 0 Å². The number of amides is 1. The molecule has 2 aromatic rings. The lowest BCUT2D eigenvalue weighted by atomic mass is 9.80. The second-order valence-corrected chi connectivity index (χ2v) is 8.40. The Bertz CT molecular complexity index is 794. The molecule has 2 unspecified atom stereocenters. The Balaban J connectivity index is 1.21. The number of imidazole rings is 1. The van der Waals surface area contributed by atoms with Crippen LogP contribution in [0.2, 0.25) is 0 Å². The SMILES string of the molecule is O=C(c1cnc2ccccn12)N1CCC2C(C1)CN2CC1CCCCC1. The molecular weight excluding hydrogens is 324 g/mol. The summed E-state index contributed by atoms with van der Waals surface area (Å²) in [5.74, 6) is 1.71. The largest absolute Gasteiger partial charge is 0.337 e. The van der Waals surface area contributed by atoms with Gasteiger partial charge in [0.15, 0.2) is 0 Å². The molecule has 2 saturated heterocycles. The Morgan fingerprint density at radius 3 is 2.85 bits per heavy atom. The molecule has 0 N–H and O–H groups in total. The molecule has 0 radical (unpaired) electrons. The highest BCUT2D eigenvalue weighted by Gasteiger charge is 2.44. The Morgan fingerprint density at radius 1 is 1.12 bits per heavy atom. The number of hydrogen-bond donors (Lipinski definition) is 0. The highest BCUT2D eigenvalue weighted by Crippen LogP contribution is 2.35. The van der Waals surface area contributed by atoms with E-state index in [9.17, 15) is 4.79 Å². The molecule has 4 heterocycles. The van der Waals surface area contributed by atoms with Gasteiger partial charge in [-0.15, -0.1) is 0 Å². The molecule has 3 aliphatic rings. The lowest BCUT2D eigenvalue weighted by Crippen LogP contribution is -2.64. The number of pyridine rings is 1. The van der Waals surface area contributed by atoms with Gasteiger partial charge in [0.2, 0.25) is 0 Å². The highest BCUT2D eigenvalue weighted by atomic mass is 16.2. The van der Waals surface area contributed by atoms with Crippen molar-refractivity contribution in [1.82, 2.24) is 19.2 Å². The first-order valence-corrected chi connectivity index (χ1v) is 10.2. The minimum absolute atomic E-state index is 0.132. The van der Waals surface area contributed by atoms with E-state index >= 15 is 0 Å². The molecule has 26 heavy (non-hydrogen) atoms. The molecule has 1 aliphatic carbocycles. The summed E-state index contributed by atoms with van der Waals surface area (Å²) in [5, 5.41) is 0. The number of likely N-dealkylation sites (tertiary alicyclic amines) is 2. The zero-order valence-electron chi connectivity index (χ0n) is 15.4. The number of piperidine rings is 1. The molecule has 2 aromatic heterocycles. The standard InChI is InChI=1S/C21H28N4O/c26-21(19-12-22-20-8-4-5-10-25(19)20)23-11-9-18-17(14-23)15-24(18)13-16-6-2-1-3-7-16/h4-5,8,10,12,16-18H,1-3,6-7,9,11,13-15H2. The van der Waals surface area contributed by atoms with E-state index in [2.05, 4.69) is 14.8 Å². The fourth-order valence-corrected chi connectivity index (χ4v) is 5.33. The van der Waals surface area contributed by atoms with E-state index in [1.807, 2.05) is 28.8 Å². The van der Waals surface area contributed by atoms with Gasteiger partial charge in [-0.2, -0.15) is 0 Å². The van der Waals surface area contributed by atoms with Gasteiger partial charge in [0.1, 0.15) is 11.3 Å². The summed E-state index contributed by atoms with van der Waals surface area (Å²) in [7, 11) is 0. The molecular formula is C21H28N4O. The van der Waals surface area contributed by atoms with Gasteiger partial charge in [0.25, 0.3) is 5.91 Å². The van der Waals surface area contributed by atoms with Gasteiger partial charge in [0.05, 0.1) is 6.20 Å². The molecule has 138 valence electrons. The third kappa shape index (κ3) is 2.82. The Labute approximate surface area is 155 Å². The van der Waals surface area contributed by atoms with E-state index in [1.54, 1.807) is 6.20 Å². The van der Waals surface area contributed by atoms with Crippen LogP contribution < -0.4 is 0 Å². The first kappa shape index (κ1) is 16.3. The summed E-state index contributed by atoms with van der Waals surface area (Å²) >= 11 is 0. The van der Waals surface area contributed by atoms with E-state index in [-0.39, 0.29) is 5.91 Å². The van der Waals surface area contributed by atoms with Crippen LogP contribution in [-0.2, 0) is 0 Å². The third-order valence-corrected chi connectivity index (χ3v) is 6.77. The number of fused-ring (bicyclic) bond motifs is 2. The lowest BCUT2D eigenvalue weighted by Gasteiger charge is -2.54. The van der Waals surface area contributed by atoms with Crippen molar-refractivity contribution in [3.8, 4) is 0 Å². The lowest BCUT2D eigenvalue weighted by molar-refractivity contribution is -0.0473. The molecule has 0 bridgehead atoms. The average Bonchev–Trinajstić information content (AvgIpc) is 3.10. The van der Waals surface area contributed by atoms with Gasteiger partial charge in [-0.05, 0) is 37.3 Å². The van der Waals surface area contributed by atoms with E-state index in [0.29, 0.717) is 17.7 Å². The summed E-state index contributed by atoms with van der Waals surface area (Å²) in [6.45, 7) is 4.26. The van der Waals surface area contributed by atoms with Crippen molar-refractivity contribution in [2.75, 3.05) is 26.2 Å². The molecule has 5 heteroatoms. The number of rotatable bonds is 3. The van der Waals surface area contributed by atoms with Crippen molar-refractivity contribution in [3.63, 3.8) is 0 Å². The van der Waals surface area contributed by atoms with Gasteiger partial charge in [-0.1, -0.05) is 25.3 Å². The number of carbonyl (C=O) groups is 1. The normalized spacial score (nSPS) is 27.3. The van der Waals surface area contributed by atoms with Gasteiger partial charge in [0, 0.05) is 44.3 Å². The molecule has 2 aliphatic heterocycles. The van der Waals surface area contributed by atoms with Crippen LogP contribution in [-0.4, -0.2) is 57.3 Å². The zero-order valence-corrected chi connectivity index (χ0v) is 15.4.